The topological polar surface area (TPSA) is 67.2 Å². The molecule has 0 spiro atoms. The van der Waals surface area contributed by atoms with E-state index in [9.17, 15) is 9.59 Å². The summed E-state index contributed by atoms with van der Waals surface area (Å²) >= 11 is 6.46. The minimum atomic E-state index is -0.241. The van der Waals surface area contributed by atoms with Gasteiger partial charge >= 0.3 is 0 Å². The summed E-state index contributed by atoms with van der Waals surface area (Å²) in [5, 5.41) is 7.64. The van der Waals surface area contributed by atoms with Gasteiger partial charge in [0, 0.05) is 24.7 Å². The second-order valence-corrected chi connectivity index (χ2v) is 6.43. The Hall–Kier alpha value is -2.60. The molecule has 1 aromatic carbocycles. The molecule has 27 heavy (non-hydrogen) atoms. The Morgan fingerprint density at radius 3 is 2.59 bits per heavy atom. The second kappa shape index (κ2) is 9.92. The maximum absolute atomic E-state index is 12.4. The lowest BCUT2D eigenvalue weighted by molar-refractivity contribution is -0.132. The predicted molar refractivity (Wildman–Crippen MR) is 107 cm³/mol. The lowest BCUT2D eigenvalue weighted by atomic mass is 10.2. The average Bonchev–Trinajstić information content (AvgIpc) is 2.92. The molecule has 2 amide bonds. The summed E-state index contributed by atoms with van der Waals surface area (Å²) in [4.78, 5) is 25.6. The fourth-order valence-corrected chi connectivity index (χ4v) is 2.95. The number of hydrogen-bond acceptors (Lipinski definition) is 3. The van der Waals surface area contributed by atoms with Gasteiger partial charge in [-0.1, -0.05) is 41.9 Å². The van der Waals surface area contributed by atoms with Crippen molar-refractivity contribution in [1.29, 1.82) is 0 Å². The standard InChI is InChI=1S/C20H25ClN4O2/c1-4-22-18(26)14-24(5-2)19(27)12-11-17-15(3)23-25(20(17)21)13-16-9-7-6-8-10-16/h6-12H,4-5,13-14H2,1-3H3,(H,22,26)/b12-11+. The van der Waals surface area contributed by atoms with Crippen LogP contribution in [-0.2, 0) is 16.1 Å². The zero-order chi connectivity index (χ0) is 19.8. The molecule has 0 saturated carbocycles. The quantitative estimate of drug-likeness (QED) is 0.707. The molecule has 0 aliphatic rings. The summed E-state index contributed by atoms with van der Waals surface area (Å²) in [5.41, 5.74) is 2.54. The van der Waals surface area contributed by atoms with E-state index in [0.717, 1.165) is 11.3 Å². The number of likely N-dealkylation sites (N-methyl/N-ethyl adjacent to an activating group) is 2. The number of carbonyl (C=O) groups is 2. The highest BCUT2D eigenvalue weighted by molar-refractivity contribution is 6.31. The van der Waals surface area contributed by atoms with Gasteiger partial charge in [-0.15, -0.1) is 0 Å². The first kappa shape index (κ1) is 20.7. The minimum Gasteiger partial charge on any atom is -0.355 e. The van der Waals surface area contributed by atoms with Crippen LogP contribution >= 0.6 is 11.6 Å². The third kappa shape index (κ3) is 5.69. The molecule has 0 radical (unpaired) electrons. The molecular weight excluding hydrogens is 364 g/mol. The van der Waals surface area contributed by atoms with Gasteiger partial charge in [0.05, 0.1) is 18.8 Å². The van der Waals surface area contributed by atoms with E-state index >= 15 is 0 Å². The van der Waals surface area contributed by atoms with Crippen LogP contribution < -0.4 is 5.32 Å². The highest BCUT2D eigenvalue weighted by Gasteiger charge is 2.15. The maximum Gasteiger partial charge on any atom is 0.247 e. The lowest BCUT2D eigenvalue weighted by Crippen LogP contribution is -2.39. The number of nitrogens with zero attached hydrogens (tertiary/aromatic N) is 3. The van der Waals surface area contributed by atoms with Crippen molar-refractivity contribution >= 4 is 29.5 Å². The minimum absolute atomic E-state index is 0.0352. The zero-order valence-electron chi connectivity index (χ0n) is 15.9. The number of nitrogens with one attached hydrogen (secondary N) is 1. The highest BCUT2D eigenvalue weighted by Crippen LogP contribution is 2.22. The number of benzene rings is 1. The van der Waals surface area contributed by atoms with Crippen LogP contribution in [0.15, 0.2) is 36.4 Å². The Labute approximate surface area is 164 Å². The number of amides is 2. The van der Waals surface area contributed by atoms with Gasteiger partial charge in [0.1, 0.15) is 5.15 Å². The summed E-state index contributed by atoms with van der Waals surface area (Å²) in [6.07, 6.45) is 3.10. The van der Waals surface area contributed by atoms with Crippen molar-refractivity contribution in [3.63, 3.8) is 0 Å². The molecule has 2 rings (SSSR count). The van der Waals surface area contributed by atoms with Gasteiger partial charge in [0.2, 0.25) is 11.8 Å². The zero-order valence-corrected chi connectivity index (χ0v) is 16.7. The van der Waals surface area contributed by atoms with Crippen molar-refractivity contribution in [3.05, 3.63) is 58.4 Å². The van der Waals surface area contributed by atoms with E-state index in [1.165, 1.54) is 11.0 Å². The summed E-state index contributed by atoms with van der Waals surface area (Å²) in [5.74, 6) is -0.416. The van der Waals surface area contributed by atoms with Gasteiger partial charge in [-0.3, -0.25) is 9.59 Å². The Balaban J connectivity index is 2.11. The van der Waals surface area contributed by atoms with Crippen molar-refractivity contribution in [2.24, 2.45) is 0 Å². The Kier molecular flexibility index (Phi) is 7.61. The molecule has 1 heterocycles. The molecule has 6 nitrogen and oxygen atoms in total. The molecule has 1 N–H and O–H groups in total. The number of aryl methyl sites for hydroxylation is 1. The molecule has 7 heteroatoms. The SMILES string of the molecule is CCNC(=O)CN(CC)C(=O)/C=C/c1c(C)nn(Cc2ccccc2)c1Cl. The highest BCUT2D eigenvalue weighted by atomic mass is 35.5. The predicted octanol–water partition coefficient (Wildman–Crippen LogP) is 2.89. The number of halogens is 1. The van der Waals surface area contributed by atoms with Crippen LogP contribution in [0.1, 0.15) is 30.7 Å². The number of rotatable bonds is 8. The van der Waals surface area contributed by atoms with Gasteiger partial charge in [0.15, 0.2) is 0 Å². The lowest BCUT2D eigenvalue weighted by Gasteiger charge is -2.18. The first-order valence-electron chi connectivity index (χ1n) is 8.96. The van der Waals surface area contributed by atoms with E-state index in [4.69, 9.17) is 11.6 Å². The normalized spacial score (nSPS) is 11.0. The molecule has 144 valence electrons. The van der Waals surface area contributed by atoms with E-state index in [1.54, 1.807) is 10.8 Å². The van der Waals surface area contributed by atoms with E-state index in [-0.39, 0.29) is 18.4 Å². The molecule has 0 bridgehead atoms. The van der Waals surface area contributed by atoms with E-state index in [2.05, 4.69) is 10.4 Å². The number of carbonyl (C=O) groups excluding carboxylic acids is 2. The van der Waals surface area contributed by atoms with E-state index in [1.807, 2.05) is 51.1 Å². The van der Waals surface area contributed by atoms with Crippen molar-refractivity contribution in [1.82, 2.24) is 20.0 Å². The Morgan fingerprint density at radius 1 is 1.26 bits per heavy atom. The van der Waals surface area contributed by atoms with E-state index < -0.39 is 0 Å². The molecule has 0 atom stereocenters. The molecule has 1 aromatic heterocycles. The third-order valence-corrected chi connectivity index (χ3v) is 4.48. The number of hydrogen-bond donors (Lipinski definition) is 1. The van der Waals surface area contributed by atoms with Crippen molar-refractivity contribution in [2.45, 2.75) is 27.3 Å². The van der Waals surface area contributed by atoms with Crippen LogP contribution in [0.5, 0.6) is 0 Å². The van der Waals surface area contributed by atoms with Crippen LogP contribution in [-0.4, -0.2) is 46.1 Å². The van der Waals surface area contributed by atoms with Crippen molar-refractivity contribution < 1.29 is 9.59 Å². The maximum atomic E-state index is 12.4. The molecule has 2 aromatic rings. The Morgan fingerprint density at radius 2 is 1.96 bits per heavy atom. The van der Waals surface area contributed by atoms with Gasteiger partial charge < -0.3 is 10.2 Å². The molecule has 0 aliphatic carbocycles. The average molecular weight is 389 g/mol. The van der Waals surface area contributed by atoms with Crippen LogP contribution in [0.2, 0.25) is 5.15 Å². The van der Waals surface area contributed by atoms with Gasteiger partial charge in [-0.25, -0.2) is 4.68 Å². The van der Waals surface area contributed by atoms with Gasteiger partial charge in [-0.2, -0.15) is 5.10 Å². The summed E-state index contributed by atoms with van der Waals surface area (Å²) in [6, 6.07) is 9.90. The monoisotopic (exact) mass is 388 g/mol. The van der Waals surface area contributed by atoms with Crippen LogP contribution in [0.3, 0.4) is 0 Å². The largest absolute Gasteiger partial charge is 0.355 e. The first-order chi connectivity index (χ1) is 13.0. The van der Waals surface area contributed by atoms with Crippen LogP contribution in [0.4, 0.5) is 0 Å². The molecule has 0 fully saturated rings. The fraction of sp³-hybridized carbons (Fsp3) is 0.350. The first-order valence-corrected chi connectivity index (χ1v) is 9.34. The van der Waals surface area contributed by atoms with Crippen molar-refractivity contribution in [2.75, 3.05) is 19.6 Å². The number of aromatic nitrogens is 2. The fourth-order valence-electron chi connectivity index (χ4n) is 2.65. The van der Waals surface area contributed by atoms with Gasteiger partial charge in [-0.05, 0) is 32.4 Å². The van der Waals surface area contributed by atoms with E-state index in [0.29, 0.717) is 30.4 Å². The molecule has 0 saturated heterocycles. The van der Waals surface area contributed by atoms with Crippen LogP contribution in [0, 0.1) is 6.92 Å². The molecule has 0 aliphatic heterocycles. The third-order valence-electron chi connectivity index (χ3n) is 4.08. The Bertz CT molecular complexity index is 815. The summed E-state index contributed by atoms with van der Waals surface area (Å²) in [7, 11) is 0. The second-order valence-electron chi connectivity index (χ2n) is 6.07. The smallest absolute Gasteiger partial charge is 0.247 e. The van der Waals surface area contributed by atoms with Gasteiger partial charge in [0.25, 0.3) is 0 Å². The molecular formula is C20H25ClN4O2. The van der Waals surface area contributed by atoms with Crippen molar-refractivity contribution in [3.8, 4) is 0 Å². The summed E-state index contributed by atoms with van der Waals surface area (Å²) < 4.78 is 1.71. The molecule has 0 unspecified atom stereocenters. The van der Waals surface area contributed by atoms with Crippen LogP contribution in [0.25, 0.3) is 6.08 Å². The summed E-state index contributed by atoms with van der Waals surface area (Å²) in [6.45, 7) is 7.10.